The number of allylic oxidation sites excluding steroid dienone is 2. The lowest BCUT2D eigenvalue weighted by atomic mass is 10.1. The highest BCUT2D eigenvalue weighted by Gasteiger charge is 1.91. The Morgan fingerprint density at radius 2 is 1.82 bits per heavy atom. The first-order valence-electron chi connectivity index (χ1n) is 3.77. The fraction of sp³-hybridized carbons (Fsp3) is 0.182. The van der Waals surface area contributed by atoms with E-state index in [-0.39, 0.29) is 0 Å². The second-order valence-corrected chi connectivity index (χ2v) is 2.75. The van der Waals surface area contributed by atoms with E-state index < -0.39 is 0 Å². The van der Waals surface area contributed by atoms with Crippen LogP contribution in [0.1, 0.15) is 18.1 Å². The van der Waals surface area contributed by atoms with Crippen molar-refractivity contribution in [3.8, 4) is 0 Å². The average Bonchev–Trinajstić information content (AvgIpc) is 2.05. The van der Waals surface area contributed by atoms with Gasteiger partial charge in [-0.2, -0.15) is 0 Å². The van der Waals surface area contributed by atoms with Gasteiger partial charge in [-0.15, -0.1) is 0 Å². The average molecular weight is 145 g/mol. The Balaban J connectivity index is 2.99. The first-order valence-corrected chi connectivity index (χ1v) is 3.77. The summed E-state index contributed by atoms with van der Waals surface area (Å²) < 4.78 is 0. The van der Waals surface area contributed by atoms with Gasteiger partial charge in [-0.05, 0) is 31.9 Å². The van der Waals surface area contributed by atoms with E-state index in [1.165, 1.54) is 16.7 Å². The lowest BCUT2D eigenvalue weighted by Gasteiger charge is -1.99. The van der Waals surface area contributed by atoms with E-state index in [2.05, 4.69) is 45.0 Å². The molecule has 0 heteroatoms. The Bertz CT molecular complexity index is 252. The van der Waals surface area contributed by atoms with Gasteiger partial charge in [0.2, 0.25) is 0 Å². The largest absolute Gasteiger partial charge is 0.0807 e. The summed E-state index contributed by atoms with van der Waals surface area (Å²) in [6.45, 7) is 7.88. The number of benzene rings is 1. The summed E-state index contributed by atoms with van der Waals surface area (Å²) in [5.41, 5.74) is 3.78. The molecule has 0 atom stereocenters. The molecule has 0 nitrogen and oxygen atoms in total. The van der Waals surface area contributed by atoms with Crippen LogP contribution in [0.3, 0.4) is 0 Å². The molecule has 11 heavy (non-hydrogen) atoms. The van der Waals surface area contributed by atoms with Crippen LogP contribution >= 0.6 is 0 Å². The summed E-state index contributed by atoms with van der Waals surface area (Å²) in [6.07, 6.45) is 1.88. The van der Waals surface area contributed by atoms with Crippen LogP contribution < -0.4 is 0 Å². The van der Waals surface area contributed by atoms with E-state index in [0.29, 0.717) is 0 Å². The van der Waals surface area contributed by atoms with Crippen LogP contribution in [0.5, 0.6) is 0 Å². The van der Waals surface area contributed by atoms with Gasteiger partial charge in [-0.1, -0.05) is 35.9 Å². The second-order valence-electron chi connectivity index (χ2n) is 2.75. The van der Waals surface area contributed by atoms with Crippen molar-refractivity contribution in [2.75, 3.05) is 0 Å². The molecule has 0 amide bonds. The summed E-state index contributed by atoms with van der Waals surface area (Å²) in [5, 5.41) is 0. The zero-order chi connectivity index (χ0) is 8.27. The smallest absolute Gasteiger partial charge is 0.0230 e. The molecular weight excluding hydrogens is 132 g/mol. The van der Waals surface area contributed by atoms with Crippen LogP contribution in [0.25, 0.3) is 5.57 Å². The molecule has 0 saturated heterocycles. The minimum Gasteiger partial charge on any atom is -0.0807 e. The first kappa shape index (κ1) is 8.06. The number of hydrogen-bond acceptors (Lipinski definition) is 0. The van der Waals surface area contributed by atoms with Gasteiger partial charge in [-0.25, -0.2) is 0 Å². The molecular formula is C11H13. The fourth-order valence-electron chi connectivity index (χ4n) is 0.934. The number of aryl methyl sites for hydroxylation is 1. The zero-order valence-corrected chi connectivity index (χ0v) is 7.09. The van der Waals surface area contributed by atoms with E-state index >= 15 is 0 Å². The Morgan fingerprint density at radius 3 is 2.27 bits per heavy atom. The molecule has 0 bridgehead atoms. The molecule has 0 aliphatic heterocycles. The normalized spacial score (nSPS) is 11.7. The highest BCUT2D eigenvalue weighted by molar-refractivity contribution is 5.64. The van der Waals surface area contributed by atoms with Crippen molar-refractivity contribution in [2.24, 2.45) is 0 Å². The highest BCUT2D eigenvalue weighted by atomic mass is 14.0. The predicted molar refractivity (Wildman–Crippen MR) is 50.2 cm³/mol. The monoisotopic (exact) mass is 145 g/mol. The van der Waals surface area contributed by atoms with Crippen molar-refractivity contribution in [3.05, 3.63) is 48.4 Å². The highest BCUT2D eigenvalue weighted by Crippen LogP contribution is 2.13. The Hall–Kier alpha value is -1.04. The van der Waals surface area contributed by atoms with Crippen LogP contribution in [-0.2, 0) is 0 Å². The maximum atomic E-state index is 3.72. The second kappa shape index (κ2) is 3.38. The zero-order valence-electron chi connectivity index (χ0n) is 7.09. The number of rotatable bonds is 1. The van der Waals surface area contributed by atoms with Gasteiger partial charge in [0.15, 0.2) is 0 Å². The topological polar surface area (TPSA) is 0 Å². The molecule has 0 saturated carbocycles. The summed E-state index contributed by atoms with van der Waals surface area (Å²) in [5.74, 6) is 0. The van der Waals surface area contributed by atoms with Crippen LogP contribution in [0, 0.1) is 13.8 Å². The van der Waals surface area contributed by atoms with Crippen LogP contribution in [-0.4, -0.2) is 0 Å². The molecule has 1 radical (unpaired) electrons. The van der Waals surface area contributed by atoms with Gasteiger partial charge >= 0.3 is 0 Å². The quantitative estimate of drug-likeness (QED) is 0.569. The molecule has 1 aromatic carbocycles. The minimum absolute atomic E-state index is 1.23. The molecule has 0 unspecified atom stereocenters. The van der Waals surface area contributed by atoms with E-state index in [4.69, 9.17) is 0 Å². The van der Waals surface area contributed by atoms with Crippen molar-refractivity contribution in [3.63, 3.8) is 0 Å². The predicted octanol–water partition coefficient (Wildman–Crippen LogP) is 3.23. The SMILES string of the molecule is [CH2]/C=C(/C)c1ccc(C)cc1. The molecule has 1 aromatic rings. The Kier molecular flexibility index (Phi) is 2.48. The fourth-order valence-corrected chi connectivity index (χ4v) is 0.934. The Morgan fingerprint density at radius 1 is 1.27 bits per heavy atom. The van der Waals surface area contributed by atoms with Crippen molar-refractivity contribution in [1.29, 1.82) is 0 Å². The molecule has 0 heterocycles. The first-order chi connectivity index (χ1) is 5.24. The van der Waals surface area contributed by atoms with Crippen LogP contribution in [0.15, 0.2) is 30.3 Å². The third-order valence-corrected chi connectivity index (χ3v) is 1.81. The molecule has 0 N–H and O–H groups in total. The van der Waals surface area contributed by atoms with E-state index in [1.54, 1.807) is 0 Å². The van der Waals surface area contributed by atoms with Crippen LogP contribution in [0.4, 0.5) is 0 Å². The third kappa shape index (κ3) is 1.94. The maximum Gasteiger partial charge on any atom is -0.0230 e. The van der Waals surface area contributed by atoms with E-state index in [1.807, 2.05) is 6.08 Å². The number of hydrogen-bond donors (Lipinski definition) is 0. The van der Waals surface area contributed by atoms with Crippen molar-refractivity contribution in [2.45, 2.75) is 13.8 Å². The van der Waals surface area contributed by atoms with Crippen molar-refractivity contribution < 1.29 is 0 Å². The third-order valence-electron chi connectivity index (χ3n) is 1.81. The molecule has 0 aliphatic rings. The van der Waals surface area contributed by atoms with Crippen molar-refractivity contribution in [1.82, 2.24) is 0 Å². The molecule has 1 rings (SSSR count). The molecule has 0 fully saturated rings. The summed E-state index contributed by atoms with van der Waals surface area (Å²) >= 11 is 0. The summed E-state index contributed by atoms with van der Waals surface area (Å²) in [6, 6.07) is 8.46. The van der Waals surface area contributed by atoms with Gasteiger partial charge in [0.05, 0.1) is 0 Å². The summed E-state index contributed by atoms with van der Waals surface area (Å²) in [7, 11) is 0. The molecule has 0 aliphatic carbocycles. The van der Waals surface area contributed by atoms with Gasteiger partial charge < -0.3 is 0 Å². The van der Waals surface area contributed by atoms with Gasteiger partial charge in [0, 0.05) is 0 Å². The van der Waals surface area contributed by atoms with Gasteiger partial charge in [-0.3, -0.25) is 0 Å². The summed E-state index contributed by atoms with van der Waals surface area (Å²) in [4.78, 5) is 0. The van der Waals surface area contributed by atoms with Gasteiger partial charge in [0.25, 0.3) is 0 Å². The van der Waals surface area contributed by atoms with Gasteiger partial charge in [0.1, 0.15) is 0 Å². The lowest BCUT2D eigenvalue weighted by Crippen LogP contribution is -1.78. The van der Waals surface area contributed by atoms with E-state index in [0.717, 1.165) is 0 Å². The van der Waals surface area contributed by atoms with E-state index in [9.17, 15) is 0 Å². The minimum atomic E-state index is 1.23. The van der Waals surface area contributed by atoms with Crippen molar-refractivity contribution >= 4 is 5.57 Å². The standard InChI is InChI=1S/C11H13/c1-4-10(3)11-7-5-9(2)6-8-11/h4-8H,1H2,2-3H3/b10-4-. The molecule has 0 spiro atoms. The Labute approximate surface area is 68.6 Å². The maximum absolute atomic E-state index is 3.72. The lowest BCUT2D eigenvalue weighted by molar-refractivity contribution is 1.44. The molecule has 0 aromatic heterocycles. The van der Waals surface area contributed by atoms with Crippen LogP contribution in [0.2, 0.25) is 0 Å². The molecule has 57 valence electrons.